The third-order valence-corrected chi connectivity index (χ3v) is 3.67. The molecule has 0 aliphatic rings. The van der Waals surface area contributed by atoms with Gasteiger partial charge in [-0.15, -0.1) is 0 Å². The van der Waals surface area contributed by atoms with Gasteiger partial charge in [0.05, 0.1) is 12.3 Å². The maximum absolute atomic E-state index is 8.78. The molecule has 1 aromatic carbocycles. The van der Waals surface area contributed by atoms with E-state index in [1.54, 1.807) is 6.92 Å². The van der Waals surface area contributed by atoms with E-state index in [1.165, 1.54) is 44.9 Å². The van der Waals surface area contributed by atoms with Gasteiger partial charge in [0.2, 0.25) is 0 Å². The number of nitrogens with zero attached hydrogens (tertiary/aromatic N) is 1. The molecule has 118 valence electrons. The average molecular weight is 291 g/mol. The van der Waals surface area contributed by atoms with Gasteiger partial charge in [0, 0.05) is 5.56 Å². The van der Waals surface area contributed by atoms with Gasteiger partial charge < -0.3 is 9.94 Å². The van der Waals surface area contributed by atoms with Gasteiger partial charge >= 0.3 is 0 Å². The molecule has 0 heterocycles. The molecule has 3 nitrogen and oxygen atoms in total. The highest BCUT2D eigenvalue weighted by Crippen LogP contribution is 2.15. The van der Waals surface area contributed by atoms with Gasteiger partial charge in [0.1, 0.15) is 5.75 Å². The molecule has 0 radical (unpaired) electrons. The molecule has 0 spiro atoms. The standard InChI is InChI=1S/C18H29NO2/c1-3-4-5-6-7-8-9-10-14-21-18-13-11-12-17(15-18)16(2)19-20/h11-13,15,20H,3-10,14H2,1-2H3. The molecule has 1 aromatic rings. The summed E-state index contributed by atoms with van der Waals surface area (Å²) in [7, 11) is 0. The van der Waals surface area contributed by atoms with Gasteiger partial charge in [-0.2, -0.15) is 0 Å². The third-order valence-electron chi connectivity index (χ3n) is 3.67. The number of hydrogen-bond donors (Lipinski definition) is 1. The topological polar surface area (TPSA) is 41.8 Å². The molecule has 0 bridgehead atoms. The van der Waals surface area contributed by atoms with Crippen LogP contribution >= 0.6 is 0 Å². The van der Waals surface area contributed by atoms with Crippen LogP contribution in [0.25, 0.3) is 0 Å². The van der Waals surface area contributed by atoms with Crippen LogP contribution in [-0.2, 0) is 0 Å². The summed E-state index contributed by atoms with van der Waals surface area (Å²) in [5, 5.41) is 12.0. The molecule has 0 unspecified atom stereocenters. The second-order valence-corrected chi connectivity index (χ2v) is 5.54. The molecule has 0 aromatic heterocycles. The van der Waals surface area contributed by atoms with E-state index in [0.29, 0.717) is 5.71 Å². The number of unbranched alkanes of at least 4 members (excludes halogenated alkanes) is 7. The van der Waals surface area contributed by atoms with E-state index >= 15 is 0 Å². The molecule has 0 aliphatic carbocycles. The van der Waals surface area contributed by atoms with Gasteiger partial charge in [0.25, 0.3) is 0 Å². The third kappa shape index (κ3) is 7.74. The van der Waals surface area contributed by atoms with E-state index in [1.807, 2.05) is 24.3 Å². The van der Waals surface area contributed by atoms with Crippen LogP contribution < -0.4 is 4.74 Å². The second kappa shape index (κ2) is 11.2. The summed E-state index contributed by atoms with van der Waals surface area (Å²) in [6.45, 7) is 4.78. The molecule has 0 saturated carbocycles. The Morgan fingerprint density at radius 3 is 2.38 bits per heavy atom. The van der Waals surface area contributed by atoms with Crippen molar-refractivity contribution in [2.24, 2.45) is 5.16 Å². The zero-order valence-electron chi connectivity index (χ0n) is 13.5. The number of benzene rings is 1. The number of rotatable bonds is 11. The summed E-state index contributed by atoms with van der Waals surface area (Å²) in [5.41, 5.74) is 1.50. The summed E-state index contributed by atoms with van der Waals surface area (Å²) >= 11 is 0. The molecular formula is C18H29NO2. The first-order valence-corrected chi connectivity index (χ1v) is 8.19. The first-order valence-electron chi connectivity index (χ1n) is 8.19. The lowest BCUT2D eigenvalue weighted by Gasteiger charge is -2.07. The molecule has 0 atom stereocenters. The van der Waals surface area contributed by atoms with E-state index in [-0.39, 0.29) is 0 Å². The van der Waals surface area contributed by atoms with Gasteiger partial charge in [-0.25, -0.2) is 0 Å². The first-order chi connectivity index (χ1) is 10.3. The van der Waals surface area contributed by atoms with Crippen molar-refractivity contribution in [3.05, 3.63) is 29.8 Å². The van der Waals surface area contributed by atoms with Crippen molar-refractivity contribution in [1.82, 2.24) is 0 Å². The van der Waals surface area contributed by atoms with Crippen molar-refractivity contribution in [2.75, 3.05) is 6.61 Å². The Bertz CT molecular complexity index is 415. The SMILES string of the molecule is CCCCCCCCCCOc1cccc(C(C)=NO)c1. The largest absolute Gasteiger partial charge is 0.494 e. The van der Waals surface area contributed by atoms with E-state index in [2.05, 4.69) is 12.1 Å². The summed E-state index contributed by atoms with van der Waals surface area (Å²) in [4.78, 5) is 0. The predicted octanol–water partition coefficient (Wildman–Crippen LogP) is 5.40. The maximum Gasteiger partial charge on any atom is 0.119 e. The van der Waals surface area contributed by atoms with E-state index in [0.717, 1.165) is 24.3 Å². The quantitative estimate of drug-likeness (QED) is 0.256. The van der Waals surface area contributed by atoms with Gasteiger partial charge in [-0.1, -0.05) is 69.2 Å². The highest BCUT2D eigenvalue weighted by molar-refractivity contribution is 5.98. The van der Waals surface area contributed by atoms with Crippen LogP contribution in [0.15, 0.2) is 29.4 Å². The smallest absolute Gasteiger partial charge is 0.119 e. The predicted molar refractivity (Wildman–Crippen MR) is 88.5 cm³/mol. The summed E-state index contributed by atoms with van der Waals surface area (Å²) in [6, 6.07) is 7.70. The first kappa shape index (κ1) is 17.5. The van der Waals surface area contributed by atoms with Crippen LogP contribution in [-0.4, -0.2) is 17.5 Å². The lowest BCUT2D eigenvalue weighted by Crippen LogP contribution is -1.99. The van der Waals surface area contributed by atoms with Gasteiger partial charge in [-0.05, 0) is 25.5 Å². The molecule has 0 amide bonds. The van der Waals surface area contributed by atoms with Gasteiger partial charge in [-0.3, -0.25) is 0 Å². The summed E-state index contributed by atoms with van der Waals surface area (Å²) in [5.74, 6) is 0.846. The maximum atomic E-state index is 8.78. The molecular weight excluding hydrogens is 262 g/mol. The van der Waals surface area contributed by atoms with Crippen LogP contribution in [0.3, 0.4) is 0 Å². The Hall–Kier alpha value is -1.51. The number of oxime groups is 1. The lowest BCUT2D eigenvalue weighted by atomic mass is 10.1. The molecule has 0 fully saturated rings. The highest BCUT2D eigenvalue weighted by Gasteiger charge is 2.00. The van der Waals surface area contributed by atoms with Gasteiger partial charge in [0.15, 0.2) is 0 Å². The zero-order chi connectivity index (χ0) is 15.3. The molecule has 1 rings (SSSR count). The fraction of sp³-hybridized carbons (Fsp3) is 0.611. The fourth-order valence-corrected chi connectivity index (χ4v) is 2.29. The van der Waals surface area contributed by atoms with Crippen LogP contribution in [0, 0.1) is 0 Å². The van der Waals surface area contributed by atoms with Crippen molar-refractivity contribution in [2.45, 2.75) is 65.2 Å². The minimum absolute atomic E-state index is 0.604. The van der Waals surface area contributed by atoms with E-state index in [9.17, 15) is 0 Å². The molecule has 0 aliphatic heterocycles. The molecule has 0 saturated heterocycles. The van der Waals surface area contributed by atoms with Crippen LogP contribution in [0.2, 0.25) is 0 Å². The van der Waals surface area contributed by atoms with Crippen molar-refractivity contribution < 1.29 is 9.94 Å². The molecule has 1 N–H and O–H groups in total. The van der Waals surface area contributed by atoms with Crippen molar-refractivity contribution in [1.29, 1.82) is 0 Å². The second-order valence-electron chi connectivity index (χ2n) is 5.54. The van der Waals surface area contributed by atoms with E-state index < -0.39 is 0 Å². The lowest BCUT2D eigenvalue weighted by molar-refractivity contribution is 0.304. The molecule has 21 heavy (non-hydrogen) atoms. The van der Waals surface area contributed by atoms with Crippen LogP contribution in [0.1, 0.15) is 70.8 Å². The van der Waals surface area contributed by atoms with E-state index in [4.69, 9.17) is 9.94 Å². The zero-order valence-corrected chi connectivity index (χ0v) is 13.5. The Kier molecular flexibility index (Phi) is 9.34. The normalized spacial score (nSPS) is 11.6. The molecule has 3 heteroatoms. The Morgan fingerprint density at radius 1 is 1.05 bits per heavy atom. The Balaban J connectivity index is 2.13. The number of ether oxygens (including phenoxy) is 1. The number of hydrogen-bond acceptors (Lipinski definition) is 3. The van der Waals surface area contributed by atoms with Crippen molar-refractivity contribution in [3.8, 4) is 5.75 Å². The minimum Gasteiger partial charge on any atom is -0.494 e. The minimum atomic E-state index is 0.604. The van der Waals surface area contributed by atoms with Crippen molar-refractivity contribution >= 4 is 5.71 Å². The fourth-order valence-electron chi connectivity index (χ4n) is 2.29. The Labute approximate surface area is 129 Å². The summed E-state index contributed by atoms with van der Waals surface area (Å²) in [6.07, 6.45) is 10.4. The Morgan fingerprint density at radius 2 is 1.71 bits per heavy atom. The van der Waals surface area contributed by atoms with Crippen LogP contribution in [0.5, 0.6) is 5.75 Å². The highest BCUT2D eigenvalue weighted by atomic mass is 16.5. The van der Waals surface area contributed by atoms with Crippen molar-refractivity contribution in [3.63, 3.8) is 0 Å². The average Bonchev–Trinajstić information content (AvgIpc) is 2.53. The monoisotopic (exact) mass is 291 g/mol. The van der Waals surface area contributed by atoms with Crippen LogP contribution in [0.4, 0.5) is 0 Å². The summed E-state index contributed by atoms with van der Waals surface area (Å²) < 4.78 is 5.75.